The van der Waals surface area contributed by atoms with Crippen LogP contribution in [0.25, 0.3) is 11.1 Å². The van der Waals surface area contributed by atoms with Gasteiger partial charge in [-0.1, -0.05) is 6.07 Å². The van der Waals surface area contributed by atoms with Gasteiger partial charge in [-0.3, -0.25) is 9.48 Å². The summed E-state index contributed by atoms with van der Waals surface area (Å²) >= 11 is 3.19. The van der Waals surface area contributed by atoms with Crippen LogP contribution in [-0.4, -0.2) is 32.8 Å². The number of carbonyl (C=O) groups excluding carboxylic acids is 1. The first-order valence-electron chi connectivity index (χ1n) is 10.0. The minimum Gasteiger partial charge on any atom is -0.383 e. The fraction of sp³-hybridized carbons (Fsp3) is 0.318. The van der Waals surface area contributed by atoms with Gasteiger partial charge in [-0.05, 0) is 59.0 Å². The summed E-state index contributed by atoms with van der Waals surface area (Å²) in [6.45, 7) is 0.343. The molecule has 2 unspecified atom stereocenters. The van der Waals surface area contributed by atoms with E-state index in [0.717, 1.165) is 36.0 Å². The Bertz CT molecular complexity index is 1100. The average molecular weight is 488 g/mol. The number of nitrogens with one attached hydrogen (secondary N) is 1. The number of amides is 1. The minimum absolute atomic E-state index is 0.122. The van der Waals surface area contributed by atoms with Crippen LogP contribution in [-0.2, 0) is 18.4 Å². The minimum atomic E-state index is -0.311. The van der Waals surface area contributed by atoms with Crippen LogP contribution in [0.3, 0.4) is 0 Å². The Morgan fingerprint density at radius 2 is 2.16 bits per heavy atom. The summed E-state index contributed by atoms with van der Waals surface area (Å²) in [6.07, 6.45) is 7.68. The summed E-state index contributed by atoms with van der Waals surface area (Å²) in [5.74, 6) is -0.410. The largest absolute Gasteiger partial charge is 0.383 e. The number of nitrogens with zero attached hydrogens (tertiary/aromatic N) is 3. The molecule has 1 aliphatic rings. The number of nitrogen functional groups attached to an aromatic ring is 1. The fourth-order valence-corrected chi connectivity index (χ4v) is 4.18. The van der Waals surface area contributed by atoms with Gasteiger partial charge in [0.2, 0.25) is 0 Å². The highest BCUT2D eigenvalue weighted by molar-refractivity contribution is 9.10. The van der Waals surface area contributed by atoms with Gasteiger partial charge in [-0.15, -0.1) is 0 Å². The quantitative estimate of drug-likeness (QED) is 0.550. The maximum Gasteiger partial charge on any atom is 0.255 e. The topological polar surface area (TPSA) is 95.1 Å². The summed E-state index contributed by atoms with van der Waals surface area (Å²) in [6, 6.07) is 6.41. The monoisotopic (exact) mass is 487 g/mol. The number of hydrogen-bond donors (Lipinski definition) is 2. The molecule has 2 atom stereocenters. The molecule has 7 nitrogen and oxygen atoms in total. The molecular formula is C22H23BrFN5O2. The van der Waals surface area contributed by atoms with Gasteiger partial charge in [0, 0.05) is 30.6 Å². The zero-order chi connectivity index (χ0) is 22.0. The van der Waals surface area contributed by atoms with E-state index in [1.54, 1.807) is 35.3 Å². The molecule has 31 heavy (non-hydrogen) atoms. The molecule has 2 heterocycles. The predicted octanol–water partition coefficient (Wildman–Crippen LogP) is 3.83. The van der Waals surface area contributed by atoms with Crippen molar-refractivity contribution in [3.63, 3.8) is 0 Å². The molecule has 1 fully saturated rings. The Labute approximate surface area is 187 Å². The van der Waals surface area contributed by atoms with Gasteiger partial charge >= 0.3 is 0 Å². The highest BCUT2D eigenvalue weighted by atomic mass is 79.9. The third-order valence-corrected chi connectivity index (χ3v) is 6.03. The number of nitrogens with two attached hydrogens (primary N) is 1. The highest BCUT2D eigenvalue weighted by Gasteiger charge is 2.30. The first-order valence-corrected chi connectivity index (χ1v) is 10.8. The Kier molecular flexibility index (Phi) is 6.33. The van der Waals surface area contributed by atoms with Crippen molar-refractivity contribution in [1.82, 2.24) is 20.1 Å². The molecule has 0 aliphatic heterocycles. The Hall–Kier alpha value is -2.78. The number of aromatic nitrogens is 3. The van der Waals surface area contributed by atoms with Crippen LogP contribution in [0.5, 0.6) is 0 Å². The van der Waals surface area contributed by atoms with E-state index in [2.05, 4.69) is 31.3 Å². The van der Waals surface area contributed by atoms with Gasteiger partial charge in [0.1, 0.15) is 11.6 Å². The lowest BCUT2D eigenvalue weighted by molar-refractivity contribution is 0.0271. The molecule has 3 N–H and O–H groups in total. The SMILES string of the molecule is Cn1cc(-c2cnc(N)c(C(=O)NC3CCCC3OCc3ccc(F)c(Br)c3)c2)cn1. The molecule has 1 saturated carbocycles. The first kappa shape index (κ1) is 21.5. The van der Waals surface area contributed by atoms with Crippen LogP contribution in [0.15, 0.2) is 47.3 Å². The van der Waals surface area contributed by atoms with Crippen LogP contribution in [0, 0.1) is 5.82 Å². The molecule has 0 radical (unpaired) electrons. The molecule has 1 aromatic carbocycles. The number of hydrogen-bond acceptors (Lipinski definition) is 5. The lowest BCUT2D eigenvalue weighted by Crippen LogP contribution is -2.41. The number of pyridine rings is 1. The van der Waals surface area contributed by atoms with E-state index in [4.69, 9.17) is 10.5 Å². The van der Waals surface area contributed by atoms with E-state index in [0.29, 0.717) is 16.6 Å². The molecule has 162 valence electrons. The molecule has 2 aromatic heterocycles. The van der Waals surface area contributed by atoms with Crippen LogP contribution in [0.4, 0.5) is 10.2 Å². The third kappa shape index (κ3) is 4.94. The number of rotatable bonds is 6. The van der Waals surface area contributed by atoms with E-state index >= 15 is 0 Å². The van der Waals surface area contributed by atoms with Crippen molar-refractivity contribution in [1.29, 1.82) is 0 Å². The lowest BCUT2D eigenvalue weighted by atomic mass is 10.1. The smallest absolute Gasteiger partial charge is 0.255 e. The standard InChI is InChI=1S/C22H23BrFN5O2/c1-29-11-15(10-27-29)14-8-16(21(25)26-9-14)22(30)28-19-3-2-4-20(19)31-12-13-5-6-18(24)17(23)7-13/h5-11,19-20H,2-4,12H2,1H3,(H2,25,26)(H,28,30). The molecule has 0 spiro atoms. The number of aryl methyl sites for hydroxylation is 1. The molecule has 0 bridgehead atoms. The molecule has 3 aromatic rings. The van der Waals surface area contributed by atoms with Crippen molar-refractivity contribution in [2.24, 2.45) is 7.05 Å². The summed E-state index contributed by atoms with van der Waals surface area (Å²) in [5, 5.41) is 7.21. The van der Waals surface area contributed by atoms with E-state index in [1.165, 1.54) is 6.07 Å². The van der Waals surface area contributed by atoms with Crippen molar-refractivity contribution in [2.75, 3.05) is 5.73 Å². The first-order chi connectivity index (χ1) is 14.9. The second-order valence-electron chi connectivity index (χ2n) is 7.67. The highest BCUT2D eigenvalue weighted by Crippen LogP contribution is 2.26. The van der Waals surface area contributed by atoms with E-state index < -0.39 is 0 Å². The van der Waals surface area contributed by atoms with Crippen molar-refractivity contribution in [2.45, 2.75) is 38.0 Å². The predicted molar refractivity (Wildman–Crippen MR) is 119 cm³/mol. The van der Waals surface area contributed by atoms with Crippen molar-refractivity contribution in [3.8, 4) is 11.1 Å². The van der Waals surface area contributed by atoms with Gasteiger partial charge in [0.25, 0.3) is 5.91 Å². The van der Waals surface area contributed by atoms with E-state index in [1.807, 2.05) is 13.2 Å². The number of carbonyl (C=O) groups is 1. The molecule has 4 rings (SSSR count). The fourth-order valence-electron chi connectivity index (χ4n) is 3.75. The third-order valence-electron chi connectivity index (χ3n) is 5.42. The maximum atomic E-state index is 13.4. The number of benzene rings is 1. The van der Waals surface area contributed by atoms with E-state index in [-0.39, 0.29) is 29.7 Å². The molecule has 0 saturated heterocycles. The Morgan fingerprint density at radius 1 is 1.32 bits per heavy atom. The molecule has 1 amide bonds. The number of ether oxygens (including phenoxy) is 1. The zero-order valence-corrected chi connectivity index (χ0v) is 18.6. The van der Waals surface area contributed by atoms with Crippen LogP contribution < -0.4 is 11.1 Å². The number of anilines is 1. The van der Waals surface area contributed by atoms with Crippen LogP contribution >= 0.6 is 15.9 Å². The molecule has 1 aliphatic carbocycles. The Morgan fingerprint density at radius 3 is 2.90 bits per heavy atom. The van der Waals surface area contributed by atoms with Gasteiger partial charge in [-0.2, -0.15) is 5.10 Å². The summed E-state index contributed by atoms with van der Waals surface area (Å²) in [4.78, 5) is 17.1. The van der Waals surface area contributed by atoms with Gasteiger partial charge in [0.05, 0.1) is 35.0 Å². The van der Waals surface area contributed by atoms with Crippen molar-refractivity contribution < 1.29 is 13.9 Å². The Balaban J connectivity index is 1.43. The second kappa shape index (κ2) is 9.15. The summed E-state index contributed by atoms with van der Waals surface area (Å²) in [7, 11) is 1.83. The zero-order valence-electron chi connectivity index (χ0n) is 17.0. The van der Waals surface area contributed by atoms with Crippen molar-refractivity contribution in [3.05, 3.63) is 64.3 Å². The van der Waals surface area contributed by atoms with Gasteiger partial charge < -0.3 is 15.8 Å². The van der Waals surface area contributed by atoms with Crippen LogP contribution in [0.1, 0.15) is 35.2 Å². The normalized spacial score (nSPS) is 18.3. The molecular weight excluding hydrogens is 465 g/mol. The lowest BCUT2D eigenvalue weighted by Gasteiger charge is -2.22. The average Bonchev–Trinajstić information content (AvgIpc) is 3.38. The maximum absolute atomic E-state index is 13.4. The van der Waals surface area contributed by atoms with E-state index in [9.17, 15) is 9.18 Å². The number of halogens is 2. The van der Waals surface area contributed by atoms with Crippen molar-refractivity contribution >= 4 is 27.7 Å². The summed E-state index contributed by atoms with van der Waals surface area (Å²) < 4.78 is 21.6. The summed E-state index contributed by atoms with van der Waals surface area (Å²) in [5.41, 5.74) is 8.81. The van der Waals surface area contributed by atoms with Gasteiger partial charge in [-0.25, -0.2) is 9.37 Å². The molecule has 9 heteroatoms. The second-order valence-corrected chi connectivity index (χ2v) is 8.52. The van der Waals surface area contributed by atoms with Crippen LogP contribution in [0.2, 0.25) is 0 Å². The van der Waals surface area contributed by atoms with Gasteiger partial charge in [0.15, 0.2) is 0 Å².